The predicted molar refractivity (Wildman–Crippen MR) is 253 cm³/mol. The van der Waals surface area contributed by atoms with Crippen LogP contribution >= 0.6 is 0 Å². The molecule has 1 amide bonds. The number of carbonyl (C=O) groups excluding carboxylic acids is 1. The fourth-order valence-electron chi connectivity index (χ4n) is 7.79. The van der Waals surface area contributed by atoms with E-state index in [0.717, 1.165) is 64.2 Å². The van der Waals surface area contributed by atoms with Crippen LogP contribution in [0.3, 0.4) is 0 Å². The summed E-state index contributed by atoms with van der Waals surface area (Å²) in [6.07, 6.45) is 47.4. The predicted octanol–water partition coefficient (Wildman–Crippen LogP) is 11.4. The number of carbonyl (C=O) groups is 1. The summed E-state index contributed by atoms with van der Waals surface area (Å²) in [5.41, 5.74) is 0. The molecule has 1 aliphatic rings. The Bertz CT molecular complexity index is 1090. The van der Waals surface area contributed by atoms with Crippen LogP contribution < -0.4 is 5.32 Å². The molecule has 61 heavy (non-hydrogen) atoms. The van der Waals surface area contributed by atoms with Gasteiger partial charge in [-0.1, -0.05) is 197 Å². The van der Waals surface area contributed by atoms with Crippen LogP contribution in [0, 0.1) is 0 Å². The number of unbranched alkanes of at least 4 members (excludes halogenated alkanes) is 26. The van der Waals surface area contributed by atoms with Crippen molar-refractivity contribution >= 4 is 5.91 Å². The van der Waals surface area contributed by atoms with Crippen molar-refractivity contribution in [1.82, 2.24) is 5.32 Å². The molecule has 0 radical (unpaired) electrons. The molecular weight excluding hydrogens is 767 g/mol. The minimum absolute atomic E-state index is 0.201. The van der Waals surface area contributed by atoms with E-state index in [-0.39, 0.29) is 12.5 Å². The van der Waals surface area contributed by atoms with Gasteiger partial charge in [-0.05, 0) is 64.2 Å². The van der Waals surface area contributed by atoms with Gasteiger partial charge in [0, 0.05) is 6.42 Å². The first-order chi connectivity index (χ1) is 29.8. The first-order valence-corrected chi connectivity index (χ1v) is 25.4. The Morgan fingerprint density at radius 1 is 0.557 bits per heavy atom. The summed E-state index contributed by atoms with van der Waals surface area (Å²) >= 11 is 0. The summed E-state index contributed by atoms with van der Waals surface area (Å²) in [7, 11) is 0. The van der Waals surface area contributed by atoms with Gasteiger partial charge in [0.15, 0.2) is 6.29 Å². The van der Waals surface area contributed by atoms with Gasteiger partial charge in [0.1, 0.15) is 24.4 Å². The molecule has 9 heteroatoms. The van der Waals surface area contributed by atoms with Crippen LogP contribution in [-0.2, 0) is 14.3 Å². The van der Waals surface area contributed by atoms with Gasteiger partial charge in [-0.15, -0.1) is 0 Å². The van der Waals surface area contributed by atoms with E-state index in [0.29, 0.717) is 6.42 Å². The van der Waals surface area contributed by atoms with Crippen molar-refractivity contribution in [3.05, 3.63) is 48.6 Å². The zero-order valence-corrected chi connectivity index (χ0v) is 39.2. The van der Waals surface area contributed by atoms with Crippen molar-refractivity contribution in [2.24, 2.45) is 0 Å². The molecule has 0 aromatic carbocycles. The second kappa shape index (κ2) is 42.1. The molecule has 1 aliphatic heterocycles. The second-order valence-electron chi connectivity index (χ2n) is 17.6. The molecule has 0 aliphatic carbocycles. The van der Waals surface area contributed by atoms with E-state index in [1.165, 1.54) is 135 Å². The molecule has 1 rings (SSSR count). The molecule has 7 atom stereocenters. The summed E-state index contributed by atoms with van der Waals surface area (Å²) in [6.45, 7) is 3.73. The van der Waals surface area contributed by atoms with E-state index in [1.807, 2.05) is 6.08 Å². The maximum absolute atomic E-state index is 13.0. The van der Waals surface area contributed by atoms with Gasteiger partial charge in [-0.2, -0.15) is 0 Å². The van der Waals surface area contributed by atoms with Crippen LogP contribution in [-0.4, -0.2) is 87.5 Å². The second-order valence-corrected chi connectivity index (χ2v) is 17.6. The monoisotopic (exact) mass is 862 g/mol. The summed E-state index contributed by atoms with van der Waals surface area (Å²) < 4.78 is 11.2. The highest BCUT2D eigenvalue weighted by molar-refractivity contribution is 5.76. The fraction of sp³-hybridized carbons (Fsp3) is 0.827. The molecule has 0 spiro atoms. The number of amides is 1. The average molecular weight is 862 g/mol. The number of allylic oxidation sites excluding steroid dienone is 7. The molecule has 356 valence electrons. The van der Waals surface area contributed by atoms with E-state index in [9.17, 15) is 30.3 Å². The maximum Gasteiger partial charge on any atom is 0.220 e. The van der Waals surface area contributed by atoms with Crippen molar-refractivity contribution in [2.75, 3.05) is 13.2 Å². The smallest absolute Gasteiger partial charge is 0.220 e. The normalized spacial score (nSPS) is 20.8. The maximum atomic E-state index is 13.0. The van der Waals surface area contributed by atoms with Crippen LogP contribution in [0.5, 0.6) is 0 Å². The summed E-state index contributed by atoms with van der Waals surface area (Å²) in [6, 6.07) is -0.829. The van der Waals surface area contributed by atoms with E-state index in [1.54, 1.807) is 6.08 Å². The van der Waals surface area contributed by atoms with Gasteiger partial charge >= 0.3 is 0 Å². The van der Waals surface area contributed by atoms with Crippen molar-refractivity contribution in [3.8, 4) is 0 Å². The zero-order valence-electron chi connectivity index (χ0n) is 39.2. The Balaban J connectivity index is 2.32. The first kappa shape index (κ1) is 57.2. The van der Waals surface area contributed by atoms with Gasteiger partial charge < -0.3 is 40.3 Å². The third-order valence-corrected chi connectivity index (χ3v) is 11.9. The molecule has 0 bridgehead atoms. The molecule has 9 nitrogen and oxygen atoms in total. The number of rotatable bonds is 42. The largest absolute Gasteiger partial charge is 0.394 e. The molecule has 0 aromatic rings. The van der Waals surface area contributed by atoms with Gasteiger partial charge in [-0.25, -0.2) is 0 Å². The third-order valence-electron chi connectivity index (χ3n) is 11.9. The van der Waals surface area contributed by atoms with Crippen LogP contribution in [0.2, 0.25) is 0 Å². The summed E-state index contributed by atoms with van der Waals surface area (Å²) in [5, 5.41) is 54.3. The van der Waals surface area contributed by atoms with Gasteiger partial charge in [0.25, 0.3) is 0 Å². The summed E-state index contributed by atoms with van der Waals surface area (Å²) in [4.78, 5) is 13.0. The number of aliphatic hydroxyl groups excluding tert-OH is 5. The number of aliphatic hydroxyl groups is 5. The zero-order chi connectivity index (χ0) is 44.4. The quantitative estimate of drug-likeness (QED) is 0.0262. The highest BCUT2D eigenvalue weighted by Gasteiger charge is 2.44. The number of hydrogen-bond donors (Lipinski definition) is 6. The van der Waals surface area contributed by atoms with Gasteiger partial charge in [0.05, 0.1) is 25.4 Å². The molecular formula is C52H95NO8. The van der Waals surface area contributed by atoms with Crippen molar-refractivity contribution < 1.29 is 39.8 Å². The molecule has 7 unspecified atom stereocenters. The van der Waals surface area contributed by atoms with Crippen molar-refractivity contribution in [1.29, 1.82) is 0 Å². The lowest BCUT2D eigenvalue weighted by atomic mass is 9.99. The number of nitrogens with one attached hydrogen (secondary N) is 1. The Hall–Kier alpha value is -1.85. The van der Waals surface area contributed by atoms with Crippen molar-refractivity contribution in [2.45, 2.75) is 262 Å². The highest BCUT2D eigenvalue weighted by atomic mass is 16.7. The van der Waals surface area contributed by atoms with E-state index >= 15 is 0 Å². The lowest BCUT2D eigenvalue weighted by Crippen LogP contribution is -2.60. The molecule has 6 N–H and O–H groups in total. The van der Waals surface area contributed by atoms with Gasteiger partial charge in [0.2, 0.25) is 5.91 Å². The van der Waals surface area contributed by atoms with Crippen LogP contribution in [0.1, 0.15) is 219 Å². The Labute approximate surface area is 373 Å². The minimum Gasteiger partial charge on any atom is -0.394 e. The first-order valence-electron chi connectivity index (χ1n) is 25.4. The topological polar surface area (TPSA) is 149 Å². The highest BCUT2D eigenvalue weighted by Crippen LogP contribution is 2.23. The van der Waals surface area contributed by atoms with E-state index in [4.69, 9.17) is 9.47 Å². The van der Waals surface area contributed by atoms with Crippen LogP contribution in [0.15, 0.2) is 48.6 Å². The molecule has 1 saturated heterocycles. The SMILES string of the molecule is CCCCC/C=C\C/C=C\CCCCCCCC(=O)NC(COC1OC(CO)C(O)C(O)C1O)C(O)/C=C/CC/C=C/CCCCCCCCCCCCCCCCCCC. The molecule has 1 heterocycles. The Morgan fingerprint density at radius 2 is 0.984 bits per heavy atom. The van der Waals surface area contributed by atoms with Crippen molar-refractivity contribution in [3.63, 3.8) is 0 Å². The fourth-order valence-corrected chi connectivity index (χ4v) is 7.79. The summed E-state index contributed by atoms with van der Waals surface area (Å²) in [5.74, 6) is -0.201. The number of hydrogen-bond acceptors (Lipinski definition) is 8. The third kappa shape index (κ3) is 32.5. The van der Waals surface area contributed by atoms with Crippen LogP contribution in [0.25, 0.3) is 0 Å². The minimum atomic E-state index is -1.57. The lowest BCUT2D eigenvalue weighted by Gasteiger charge is -2.40. The molecule has 0 saturated carbocycles. The van der Waals surface area contributed by atoms with E-state index < -0.39 is 49.5 Å². The van der Waals surface area contributed by atoms with Gasteiger partial charge in [-0.3, -0.25) is 4.79 Å². The average Bonchev–Trinajstić information content (AvgIpc) is 3.26. The van der Waals surface area contributed by atoms with E-state index in [2.05, 4.69) is 55.6 Å². The molecule has 1 fully saturated rings. The lowest BCUT2D eigenvalue weighted by molar-refractivity contribution is -0.302. The Morgan fingerprint density at radius 3 is 1.51 bits per heavy atom. The molecule has 0 aromatic heterocycles. The Kier molecular flexibility index (Phi) is 39.5. The number of ether oxygens (including phenoxy) is 2. The van der Waals surface area contributed by atoms with Crippen LogP contribution in [0.4, 0.5) is 0 Å². The standard InChI is InChI=1S/C52H95NO8/c1-3-5-7-9-11-13-15-17-19-20-21-22-23-24-25-26-28-29-31-33-35-37-39-41-46(55)45(44-60-52-51(59)50(58)49(57)47(43-54)61-52)53-48(56)42-40-38-36-34-32-30-27-18-16-14-12-10-8-6-4-2/h12,14,18,27,31,33,39,41,45-47,49-52,54-55,57-59H,3-11,13,15-17,19-26,28-30,32,34-38,40,42-44H2,1-2H3,(H,53,56)/b14-12-,27-18-,33-31+,41-39+.